The molecule has 24 heavy (non-hydrogen) atoms. The van der Waals surface area contributed by atoms with Gasteiger partial charge in [0, 0.05) is 5.56 Å². The molecule has 6 nitrogen and oxygen atoms in total. The molecule has 0 atom stereocenters. The Balaban J connectivity index is 1.92. The van der Waals surface area contributed by atoms with Crippen LogP contribution in [0.2, 0.25) is 0 Å². The van der Waals surface area contributed by atoms with Crippen LogP contribution in [0, 0.1) is 0 Å². The number of hydrogen-bond donors (Lipinski definition) is 2. The van der Waals surface area contributed by atoms with Crippen LogP contribution in [0.25, 0.3) is 0 Å². The van der Waals surface area contributed by atoms with E-state index in [0.29, 0.717) is 31.5 Å². The van der Waals surface area contributed by atoms with Crippen LogP contribution in [0.1, 0.15) is 11.1 Å². The first kappa shape index (κ1) is 16.7. The molecule has 0 spiro atoms. The Bertz CT molecular complexity index is 871. The standard InChI is InChI=1S/C16H11Br2N3O3/c1-24-9-2-3-13-10(6-9)14(16(23)20-13)21-19-7-8-4-11(17)15(22)12(18)5-8/h2-7,22H,1H3,(H,20,21,23)/b19-7-. The topological polar surface area (TPSA) is 83.3 Å². The van der Waals surface area contributed by atoms with Gasteiger partial charge in [-0.25, -0.2) is 0 Å². The summed E-state index contributed by atoms with van der Waals surface area (Å²) in [5.41, 5.74) is 2.24. The number of phenolic OH excluding ortho intramolecular Hbond substituents is 1. The van der Waals surface area contributed by atoms with Crippen molar-refractivity contribution >= 4 is 55.4 Å². The number of aromatic hydroxyl groups is 1. The summed E-state index contributed by atoms with van der Waals surface area (Å²) in [7, 11) is 1.56. The molecule has 0 radical (unpaired) electrons. The molecule has 1 heterocycles. The predicted molar refractivity (Wildman–Crippen MR) is 99.3 cm³/mol. The third-order valence-electron chi connectivity index (χ3n) is 3.35. The van der Waals surface area contributed by atoms with Crippen LogP contribution >= 0.6 is 31.9 Å². The van der Waals surface area contributed by atoms with E-state index >= 15 is 0 Å². The molecule has 0 aliphatic carbocycles. The molecule has 1 amide bonds. The third kappa shape index (κ3) is 3.20. The van der Waals surface area contributed by atoms with Crippen molar-refractivity contribution in [1.82, 2.24) is 0 Å². The zero-order chi connectivity index (χ0) is 17.3. The highest BCUT2D eigenvalue weighted by Gasteiger charge is 2.26. The smallest absolute Gasteiger partial charge is 0.276 e. The number of amides is 1. The molecule has 8 heteroatoms. The number of carbonyl (C=O) groups excluding carboxylic acids is 1. The Labute approximate surface area is 154 Å². The first-order valence-electron chi connectivity index (χ1n) is 6.78. The number of halogens is 2. The van der Waals surface area contributed by atoms with Crippen molar-refractivity contribution in [2.45, 2.75) is 0 Å². The summed E-state index contributed by atoms with van der Waals surface area (Å²) in [4.78, 5) is 12.0. The Morgan fingerprint density at radius 3 is 2.58 bits per heavy atom. The lowest BCUT2D eigenvalue weighted by Gasteiger charge is -2.02. The highest BCUT2D eigenvalue weighted by Crippen LogP contribution is 2.33. The molecule has 0 aromatic heterocycles. The molecule has 2 N–H and O–H groups in total. The maximum Gasteiger partial charge on any atom is 0.276 e. The molecule has 2 aromatic rings. The van der Waals surface area contributed by atoms with Gasteiger partial charge >= 0.3 is 0 Å². The van der Waals surface area contributed by atoms with E-state index in [4.69, 9.17) is 4.74 Å². The minimum atomic E-state index is -0.316. The molecule has 0 bridgehead atoms. The molecule has 0 fully saturated rings. The SMILES string of the molecule is COc1ccc2c(c1)/C(=N\N=C/c1cc(Br)c(O)c(Br)c1)C(=O)N2. The molecule has 2 aromatic carbocycles. The molecule has 3 rings (SSSR count). The summed E-state index contributed by atoms with van der Waals surface area (Å²) in [6.45, 7) is 0. The number of fused-ring (bicyclic) bond motifs is 1. The van der Waals surface area contributed by atoms with Crippen LogP contribution in [-0.4, -0.2) is 30.0 Å². The monoisotopic (exact) mass is 451 g/mol. The largest absolute Gasteiger partial charge is 0.506 e. The predicted octanol–water partition coefficient (Wildman–Crippen LogP) is 3.70. The number of hydrogen-bond acceptors (Lipinski definition) is 5. The van der Waals surface area contributed by atoms with Gasteiger partial charge in [0.2, 0.25) is 0 Å². The minimum absolute atomic E-state index is 0.106. The van der Waals surface area contributed by atoms with Crippen molar-refractivity contribution in [2.24, 2.45) is 10.2 Å². The first-order chi connectivity index (χ1) is 11.5. The number of rotatable bonds is 3. The summed E-state index contributed by atoms with van der Waals surface area (Å²) >= 11 is 6.49. The Hall–Kier alpha value is -2.19. The second-order valence-electron chi connectivity index (χ2n) is 4.89. The zero-order valence-corrected chi connectivity index (χ0v) is 15.6. The Morgan fingerprint density at radius 1 is 1.21 bits per heavy atom. The summed E-state index contributed by atoms with van der Waals surface area (Å²) < 4.78 is 6.22. The zero-order valence-electron chi connectivity index (χ0n) is 12.4. The third-order valence-corrected chi connectivity index (χ3v) is 4.56. The number of benzene rings is 2. The van der Waals surface area contributed by atoms with Crippen LogP contribution in [0.5, 0.6) is 11.5 Å². The second-order valence-corrected chi connectivity index (χ2v) is 6.60. The average molecular weight is 453 g/mol. The normalized spacial score (nSPS) is 15.0. The van der Waals surface area contributed by atoms with Gasteiger partial charge in [-0.3, -0.25) is 4.79 Å². The molecule has 0 saturated heterocycles. The number of methoxy groups -OCH3 is 1. The molecule has 1 aliphatic rings. The van der Waals surface area contributed by atoms with Crippen LogP contribution in [-0.2, 0) is 4.79 Å². The van der Waals surface area contributed by atoms with Crippen LogP contribution < -0.4 is 10.1 Å². The lowest BCUT2D eigenvalue weighted by molar-refractivity contribution is -0.110. The van der Waals surface area contributed by atoms with E-state index < -0.39 is 0 Å². The van der Waals surface area contributed by atoms with Gasteiger partial charge in [-0.05, 0) is 67.8 Å². The van der Waals surface area contributed by atoms with Gasteiger partial charge < -0.3 is 15.2 Å². The molecule has 0 unspecified atom stereocenters. The van der Waals surface area contributed by atoms with Crippen molar-refractivity contribution in [2.75, 3.05) is 12.4 Å². The number of anilines is 1. The van der Waals surface area contributed by atoms with Crippen LogP contribution in [0.15, 0.2) is 49.5 Å². The number of nitrogens with zero attached hydrogens (tertiary/aromatic N) is 2. The van der Waals surface area contributed by atoms with Gasteiger partial charge in [0.15, 0.2) is 5.71 Å². The fourth-order valence-electron chi connectivity index (χ4n) is 2.17. The minimum Gasteiger partial charge on any atom is -0.506 e. The average Bonchev–Trinajstić information content (AvgIpc) is 2.87. The van der Waals surface area contributed by atoms with Crippen molar-refractivity contribution in [3.05, 3.63) is 50.4 Å². The maximum absolute atomic E-state index is 12.0. The number of ether oxygens (including phenoxy) is 1. The van der Waals surface area contributed by atoms with E-state index in [1.54, 1.807) is 37.4 Å². The second kappa shape index (κ2) is 6.74. The van der Waals surface area contributed by atoms with E-state index in [-0.39, 0.29) is 17.4 Å². The summed E-state index contributed by atoms with van der Waals surface area (Å²) in [6.07, 6.45) is 1.49. The van der Waals surface area contributed by atoms with E-state index in [1.165, 1.54) is 6.21 Å². The van der Waals surface area contributed by atoms with Crippen molar-refractivity contribution < 1.29 is 14.6 Å². The number of phenols is 1. The van der Waals surface area contributed by atoms with E-state index in [0.717, 1.165) is 0 Å². The van der Waals surface area contributed by atoms with Crippen molar-refractivity contribution in [1.29, 1.82) is 0 Å². The van der Waals surface area contributed by atoms with Crippen LogP contribution in [0.4, 0.5) is 5.69 Å². The molecule has 122 valence electrons. The molecular formula is C16H11Br2N3O3. The first-order valence-corrected chi connectivity index (χ1v) is 8.37. The maximum atomic E-state index is 12.0. The van der Waals surface area contributed by atoms with Gasteiger partial charge in [0.25, 0.3) is 5.91 Å². The van der Waals surface area contributed by atoms with Gasteiger partial charge in [0.1, 0.15) is 11.5 Å². The lowest BCUT2D eigenvalue weighted by atomic mass is 10.1. The van der Waals surface area contributed by atoms with Gasteiger partial charge in [0.05, 0.1) is 28.0 Å². The van der Waals surface area contributed by atoms with Gasteiger partial charge in [-0.2, -0.15) is 5.10 Å². The van der Waals surface area contributed by atoms with Gasteiger partial charge in [-0.15, -0.1) is 5.10 Å². The number of nitrogens with one attached hydrogen (secondary N) is 1. The van der Waals surface area contributed by atoms with E-state index in [2.05, 4.69) is 47.4 Å². The Morgan fingerprint density at radius 2 is 1.92 bits per heavy atom. The highest BCUT2D eigenvalue weighted by atomic mass is 79.9. The van der Waals surface area contributed by atoms with Crippen LogP contribution in [0.3, 0.4) is 0 Å². The van der Waals surface area contributed by atoms with Crippen molar-refractivity contribution in [3.63, 3.8) is 0 Å². The van der Waals surface area contributed by atoms with E-state index in [1.807, 2.05) is 0 Å². The van der Waals surface area contributed by atoms with E-state index in [9.17, 15) is 9.90 Å². The molecular weight excluding hydrogens is 442 g/mol. The molecule has 1 aliphatic heterocycles. The fourth-order valence-corrected chi connectivity index (χ4v) is 3.39. The summed E-state index contributed by atoms with van der Waals surface area (Å²) in [6, 6.07) is 8.63. The van der Waals surface area contributed by atoms with Gasteiger partial charge in [-0.1, -0.05) is 0 Å². The summed E-state index contributed by atoms with van der Waals surface area (Å²) in [5.74, 6) is 0.423. The fraction of sp³-hybridized carbons (Fsp3) is 0.0625. The quantitative estimate of drug-likeness (QED) is 0.550. The van der Waals surface area contributed by atoms with Crippen molar-refractivity contribution in [3.8, 4) is 11.5 Å². The highest BCUT2D eigenvalue weighted by molar-refractivity contribution is 9.11. The molecule has 0 saturated carbocycles. The lowest BCUT2D eigenvalue weighted by Crippen LogP contribution is -2.13. The Kier molecular flexibility index (Phi) is 4.68. The number of carbonyl (C=O) groups is 1. The summed E-state index contributed by atoms with van der Waals surface area (Å²) in [5, 5.41) is 20.4.